The molecule has 0 amide bonds. The second-order valence-electron chi connectivity index (χ2n) is 5.18. The summed E-state index contributed by atoms with van der Waals surface area (Å²) in [7, 11) is 0. The predicted molar refractivity (Wildman–Crippen MR) is 65.3 cm³/mol. The molecule has 0 heterocycles. The van der Waals surface area contributed by atoms with Crippen molar-refractivity contribution in [3.8, 4) is 0 Å². The molecular formula is C13H15BrFN. The summed E-state index contributed by atoms with van der Waals surface area (Å²) >= 11 is 3.37. The van der Waals surface area contributed by atoms with Gasteiger partial charge in [-0.05, 0) is 55.2 Å². The van der Waals surface area contributed by atoms with Crippen molar-refractivity contribution in [2.24, 2.45) is 23.5 Å². The summed E-state index contributed by atoms with van der Waals surface area (Å²) in [5.74, 6) is 2.10. The van der Waals surface area contributed by atoms with Crippen LogP contribution in [0.4, 0.5) is 4.39 Å². The van der Waals surface area contributed by atoms with Crippen molar-refractivity contribution in [2.75, 3.05) is 0 Å². The first-order chi connectivity index (χ1) is 7.65. The molecule has 3 unspecified atom stereocenters. The zero-order chi connectivity index (χ0) is 11.3. The van der Waals surface area contributed by atoms with Crippen LogP contribution in [0.3, 0.4) is 0 Å². The lowest BCUT2D eigenvalue weighted by Crippen LogP contribution is -2.21. The van der Waals surface area contributed by atoms with Gasteiger partial charge < -0.3 is 5.73 Å². The summed E-state index contributed by atoms with van der Waals surface area (Å²) in [4.78, 5) is 0. The molecule has 1 aromatic rings. The van der Waals surface area contributed by atoms with E-state index in [1.54, 1.807) is 6.07 Å². The van der Waals surface area contributed by atoms with Gasteiger partial charge in [-0.15, -0.1) is 0 Å². The van der Waals surface area contributed by atoms with Gasteiger partial charge in [-0.25, -0.2) is 4.39 Å². The molecule has 0 bridgehead atoms. The molecule has 0 saturated heterocycles. The number of fused-ring (bicyclic) bond motifs is 1. The first-order valence-electron chi connectivity index (χ1n) is 5.85. The summed E-state index contributed by atoms with van der Waals surface area (Å²) in [5, 5.41) is 0. The molecule has 2 aliphatic rings. The fourth-order valence-corrected chi connectivity index (χ4v) is 3.46. The monoisotopic (exact) mass is 283 g/mol. The van der Waals surface area contributed by atoms with E-state index in [2.05, 4.69) is 15.9 Å². The lowest BCUT2D eigenvalue weighted by molar-refractivity contribution is 0.393. The maximum absolute atomic E-state index is 13.7. The molecule has 0 aromatic heterocycles. The lowest BCUT2D eigenvalue weighted by Gasteiger charge is -2.21. The molecule has 0 radical (unpaired) electrons. The molecule has 2 fully saturated rings. The van der Waals surface area contributed by atoms with Crippen LogP contribution < -0.4 is 5.73 Å². The molecular weight excluding hydrogens is 269 g/mol. The number of nitrogens with two attached hydrogens (primary N) is 1. The Morgan fingerprint density at radius 1 is 1.25 bits per heavy atom. The van der Waals surface area contributed by atoms with Crippen molar-refractivity contribution in [1.29, 1.82) is 0 Å². The Kier molecular flexibility index (Phi) is 2.55. The maximum Gasteiger partial charge on any atom is 0.128 e. The van der Waals surface area contributed by atoms with Crippen LogP contribution in [0.5, 0.6) is 0 Å². The third-order valence-electron chi connectivity index (χ3n) is 4.11. The largest absolute Gasteiger partial charge is 0.324 e. The topological polar surface area (TPSA) is 26.0 Å². The van der Waals surface area contributed by atoms with E-state index in [9.17, 15) is 4.39 Å². The van der Waals surface area contributed by atoms with E-state index in [-0.39, 0.29) is 11.9 Å². The highest BCUT2D eigenvalue weighted by Crippen LogP contribution is 2.56. The van der Waals surface area contributed by atoms with Crippen LogP contribution in [0, 0.1) is 23.6 Å². The normalized spacial score (nSPS) is 33.6. The van der Waals surface area contributed by atoms with Gasteiger partial charge in [-0.3, -0.25) is 0 Å². The van der Waals surface area contributed by atoms with Crippen LogP contribution in [0.2, 0.25) is 0 Å². The van der Waals surface area contributed by atoms with Gasteiger partial charge in [0.1, 0.15) is 5.82 Å². The highest BCUT2D eigenvalue weighted by Gasteiger charge is 2.47. The fourth-order valence-electron chi connectivity index (χ4n) is 3.08. The van der Waals surface area contributed by atoms with Crippen LogP contribution in [-0.2, 0) is 0 Å². The SMILES string of the molecule is NC(c1cc(Br)ccc1F)C1CC2CC2C1. The fraction of sp³-hybridized carbons (Fsp3) is 0.538. The Balaban J connectivity index is 1.82. The van der Waals surface area contributed by atoms with Gasteiger partial charge in [0, 0.05) is 16.1 Å². The third-order valence-corrected chi connectivity index (χ3v) is 4.60. The molecule has 2 saturated carbocycles. The van der Waals surface area contributed by atoms with E-state index in [4.69, 9.17) is 5.73 Å². The summed E-state index contributed by atoms with van der Waals surface area (Å²) in [5.41, 5.74) is 6.86. The summed E-state index contributed by atoms with van der Waals surface area (Å²) in [6.07, 6.45) is 3.76. The quantitative estimate of drug-likeness (QED) is 0.881. The van der Waals surface area contributed by atoms with E-state index >= 15 is 0 Å². The highest BCUT2D eigenvalue weighted by molar-refractivity contribution is 9.10. The summed E-state index contributed by atoms with van der Waals surface area (Å²) in [6, 6.07) is 4.90. The standard InChI is InChI=1S/C13H15BrFN/c14-10-1-2-12(15)11(6-10)13(16)9-4-7-3-8(7)5-9/h1-2,6-9,13H,3-5,16H2. The van der Waals surface area contributed by atoms with Crippen molar-refractivity contribution < 1.29 is 4.39 Å². The minimum absolute atomic E-state index is 0.134. The van der Waals surface area contributed by atoms with Gasteiger partial charge in [-0.2, -0.15) is 0 Å². The number of hydrogen-bond acceptors (Lipinski definition) is 1. The van der Waals surface area contributed by atoms with Gasteiger partial charge in [-0.1, -0.05) is 15.9 Å². The Morgan fingerprint density at radius 3 is 2.62 bits per heavy atom. The molecule has 2 N–H and O–H groups in total. The Bertz CT molecular complexity index is 410. The van der Waals surface area contributed by atoms with Gasteiger partial charge in [0.15, 0.2) is 0 Å². The molecule has 2 aliphatic carbocycles. The maximum atomic E-state index is 13.7. The average Bonchev–Trinajstić information content (AvgIpc) is 2.88. The van der Waals surface area contributed by atoms with Gasteiger partial charge >= 0.3 is 0 Å². The van der Waals surface area contributed by atoms with E-state index in [1.807, 2.05) is 6.07 Å². The smallest absolute Gasteiger partial charge is 0.128 e. The van der Waals surface area contributed by atoms with Crippen LogP contribution in [0.1, 0.15) is 30.9 Å². The van der Waals surface area contributed by atoms with Crippen LogP contribution in [0.15, 0.2) is 22.7 Å². The van der Waals surface area contributed by atoms with Crippen molar-refractivity contribution in [3.63, 3.8) is 0 Å². The minimum atomic E-state index is -0.170. The second-order valence-corrected chi connectivity index (χ2v) is 6.09. The van der Waals surface area contributed by atoms with Crippen molar-refractivity contribution in [2.45, 2.75) is 25.3 Å². The molecule has 3 heteroatoms. The Labute approximate surface area is 103 Å². The minimum Gasteiger partial charge on any atom is -0.324 e. The van der Waals surface area contributed by atoms with Crippen molar-refractivity contribution in [3.05, 3.63) is 34.1 Å². The molecule has 1 nitrogen and oxygen atoms in total. The summed E-state index contributed by atoms with van der Waals surface area (Å²) in [6.45, 7) is 0. The van der Waals surface area contributed by atoms with Gasteiger partial charge in [0.05, 0.1) is 0 Å². The van der Waals surface area contributed by atoms with E-state index in [0.717, 1.165) is 16.3 Å². The van der Waals surface area contributed by atoms with E-state index < -0.39 is 0 Å². The molecule has 0 spiro atoms. The number of rotatable bonds is 2. The highest BCUT2D eigenvalue weighted by atomic mass is 79.9. The van der Waals surface area contributed by atoms with Crippen LogP contribution in [0.25, 0.3) is 0 Å². The van der Waals surface area contributed by atoms with Crippen molar-refractivity contribution >= 4 is 15.9 Å². The average molecular weight is 284 g/mol. The predicted octanol–water partition coefficient (Wildman–Crippen LogP) is 3.63. The molecule has 86 valence electrons. The summed E-state index contributed by atoms with van der Waals surface area (Å²) < 4.78 is 14.6. The van der Waals surface area contributed by atoms with Gasteiger partial charge in [0.25, 0.3) is 0 Å². The van der Waals surface area contributed by atoms with E-state index in [1.165, 1.54) is 25.3 Å². The molecule has 3 rings (SSSR count). The lowest BCUT2D eigenvalue weighted by atomic mass is 9.89. The molecule has 3 atom stereocenters. The zero-order valence-electron chi connectivity index (χ0n) is 9.00. The Morgan fingerprint density at radius 2 is 1.94 bits per heavy atom. The zero-order valence-corrected chi connectivity index (χ0v) is 10.6. The Hall–Kier alpha value is -0.410. The molecule has 0 aliphatic heterocycles. The molecule has 1 aromatic carbocycles. The number of hydrogen-bond donors (Lipinski definition) is 1. The second kappa shape index (κ2) is 3.81. The van der Waals surface area contributed by atoms with E-state index in [0.29, 0.717) is 11.5 Å². The third kappa shape index (κ3) is 1.80. The first kappa shape index (κ1) is 10.7. The van der Waals surface area contributed by atoms with Crippen molar-refractivity contribution in [1.82, 2.24) is 0 Å². The molecule has 16 heavy (non-hydrogen) atoms. The van der Waals surface area contributed by atoms with Crippen LogP contribution >= 0.6 is 15.9 Å². The number of benzene rings is 1. The van der Waals surface area contributed by atoms with Gasteiger partial charge in [0.2, 0.25) is 0 Å². The van der Waals surface area contributed by atoms with Crippen LogP contribution in [-0.4, -0.2) is 0 Å². The number of halogens is 2. The first-order valence-corrected chi connectivity index (χ1v) is 6.65.